The molecule has 1 aliphatic heterocycles. The standard InChI is InChI=1S/C13H25N/c1-5-12(10(2)3)13-7-6-8-14-9-11(13)4/h5,10-11,13-14H,6-9H2,1-4H3/b12-5+/t11-,13?/m1/s1. The average molecular weight is 195 g/mol. The molecule has 1 heterocycles. The molecule has 0 aromatic rings. The van der Waals surface area contributed by atoms with Crippen molar-refractivity contribution < 1.29 is 0 Å². The monoisotopic (exact) mass is 195 g/mol. The zero-order valence-corrected chi connectivity index (χ0v) is 10.1. The zero-order chi connectivity index (χ0) is 10.6. The molecule has 1 aliphatic rings. The van der Waals surface area contributed by atoms with Gasteiger partial charge in [-0.2, -0.15) is 0 Å². The molecule has 0 bridgehead atoms. The SMILES string of the molecule is C/C=C(\C(C)C)C1CCCNC[C@H]1C. The molecule has 0 aromatic carbocycles. The first-order valence-electron chi connectivity index (χ1n) is 6.03. The summed E-state index contributed by atoms with van der Waals surface area (Å²) < 4.78 is 0. The van der Waals surface area contributed by atoms with E-state index in [2.05, 4.69) is 39.1 Å². The third kappa shape index (κ3) is 2.84. The van der Waals surface area contributed by atoms with Gasteiger partial charge in [-0.1, -0.05) is 32.4 Å². The van der Waals surface area contributed by atoms with Crippen molar-refractivity contribution in [3.05, 3.63) is 11.6 Å². The Morgan fingerprint density at radius 3 is 2.71 bits per heavy atom. The summed E-state index contributed by atoms with van der Waals surface area (Å²) >= 11 is 0. The van der Waals surface area contributed by atoms with E-state index in [0.29, 0.717) is 5.92 Å². The second kappa shape index (κ2) is 5.55. The van der Waals surface area contributed by atoms with E-state index in [4.69, 9.17) is 0 Å². The lowest BCUT2D eigenvalue weighted by Gasteiger charge is -2.26. The molecule has 1 nitrogen and oxygen atoms in total. The minimum Gasteiger partial charge on any atom is -0.316 e. The van der Waals surface area contributed by atoms with Gasteiger partial charge in [-0.3, -0.25) is 0 Å². The molecule has 0 spiro atoms. The van der Waals surface area contributed by atoms with Crippen LogP contribution in [0.25, 0.3) is 0 Å². The molecule has 82 valence electrons. The fourth-order valence-electron chi connectivity index (χ4n) is 2.67. The van der Waals surface area contributed by atoms with Crippen molar-refractivity contribution in [3.63, 3.8) is 0 Å². The molecule has 0 aliphatic carbocycles. The van der Waals surface area contributed by atoms with Gasteiger partial charge >= 0.3 is 0 Å². The van der Waals surface area contributed by atoms with Crippen molar-refractivity contribution in [1.29, 1.82) is 0 Å². The van der Waals surface area contributed by atoms with Gasteiger partial charge in [0.1, 0.15) is 0 Å². The van der Waals surface area contributed by atoms with Gasteiger partial charge in [-0.25, -0.2) is 0 Å². The first-order valence-corrected chi connectivity index (χ1v) is 6.03. The molecule has 1 heteroatoms. The van der Waals surface area contributed by atoms with Gasteiger partial charge < -0.3 is 5.32 Å². The maximum absolute atomic E-state index is 3.52. The summed E-state index contributed by atoms with van der Waals surface area (Å²) in [4.78, 5) is 0. The molecule has 1 saturated heterocycles. The van der Waals surface area contributed by atoms with E-state index in [0.717, 1.165) is 11.8 Å². The molecule has 14 heavy (non-hydrogen) atoms. The Labute approximate surface area is 89.0 Å². The van der Waals surface area contributed by atoms with E-state index in [9.17, 15) is 0 Å². The topological polar surface area (TPSA) is 12.0 Å². The smallest absolute Gasteiger partial charge is 0.00174 e. The van der Waals surface area contributed by atoms with Crippen LogP contribution in [0.2, 0.25) is 0 Å². The van der Waals surface area contributed by atoms with Gasteiger partial charge in [-0.15, -0.1) is 0 Å². The minimum absolute atomic E-state index is 0.713. The van der Waals surface area contributed by atoms with Crippen molar-refractivity contribution >= 4 is 0 Å². The number of allylic oxidation sites excluding steroid dienone is 2. The van der Waals surface area contributed by atoms with E-state index in [1.165, 1.54) is 25.9 Å². The highest BCUT2D eigenvalue weighted by molar-refractivity contribution is 5.10. The third-order valence-electron chi connectivity index (χ3n) is 3.45. The summed E-state index contributed by atoms with van der Waals surface area (Å²) in [5.74, 6) is 2.33. The fourth-order valence-corrected chi connectivity index (χ4v) is 2.67. The summed E-state index contributed by atoms with van der Waals surface area (Å²) in [6.45, 7) is 11.6. The summed E-state index contributed by atoms with van der Waals surface area (Å²) in [5, 5.41) is 3.52. The van der Waals surface area contributed by atoms with Crippen LogP contribution in [0.3, 0.4) is 0 Å². The van der Waals surface area contributed by atoms with Gasteiger partial charge in [0.25, 0.3) is 0 Å². The van der Waals surface area contributed by atoms with E-state index in [1.54, 1.807) is 5.57 Å². The summed E-state index contributed by atoms with van der Waals surface area (Å²) in [5.41, 5.74) is 1.67. The van der Waals surface area contributed by atoms with Crippen LogP contribution in [0.4, 0.5) is 0 Å². The highest BCUT2D eigenvalue weighted by Crippen LogP contribution is 2.31. The lowest BCUT2D eigenvalue weighted by atomic mass is 9.79. The molecule has 1 rings (SSSR count). The Bertz CT molecular complexity index is 193. The second-order valence-electron chi connectivity index (χ2n) is 4.87. The third-order valence-corrected chi connectivity index (χ3v) is 3.45. The molecule has 1 unspecified atom stereocenters. The summed E-state index contributed by atoms with van der Waals surface area (Å²) in [6.07, 6.45) is 5.04. The molecule has 2 atom stereocenters. The van der Waals surface area contributed by atoms with Crippen LogP contribution in [-0.4, -0.2) is 13.1 Å². The summed E-state index contributed by atoms with van der Waals surface area (Å²) in [6, 6.07) is 0. The van der Waals surface area contributed by atoms with Crippen LogP contribution in [0, 0.1) is 17.8 Å². The molecule has 0 amide bonds. The van der Waals surface area contributed by atoms with Crippen LogP contribution < -0.4 is 5.32 Å². The molecule has 0 aromatic heterocycles. The molecule has 0 saturated carbocycles. The molecule has 1 N–H and O–H groups in total. The second-order valence-corrected chi connectivity index (χ2v) is 4.87. The number of rotatable bonds is 2. The van der Waals surface area contributed by atoms with Gasteiger partial charge in [0, 0.05) is 0 Å². The van der Waals surface area contributed by atoms with Crippen molar-refractivity contribution in [2.45, 2.75) is 40.5 Å². The van der Waals surface area contributed by atoms with Crippen molar-refractivity contribution in [2.75, 3.05) is 13.1 Å². The van der Waals surface area contributed by atoms with Crippen LogP contribution in [0.15, 0.2) is 11.6 Å². The molecular formula is C13H25N. The lowest BCUT2D eigenvalue weighted by Crippen LogP contribution is -2.24. The van der Waals surface area contributed by atoms with Crippen LogP contribution in [0.1, 0.15) is 40.5 Å². The maximum atomic E-state index is 3.52. The first kappa shape index (κ1) is 11.8. The predicted octanol–water partition coefficient (Wildman–Crippen LogP) is 3.22. The van der Waals surface area contributed by atoms with E-state index in [1.807, 2.05) is 0 Å². The Morgan fingerprint density at radius 2 is 2.14 bits per heavy atom. The minimum atomic E-state index is 0.713. The summed E-state index contributed by atoms with van der Waals surface area (Å²) in [7, 11) is 0. The van der Waals surface area contributed by atoms with E-state index >= 15 is 0 Å². The van der Waals surface area contributed by atoms with Crippen LogP contribution in [0.5, 0.6) is 0 Å². The van der Waals surface area contributed by atoms with Crippen molar-refractivity contribution in [1.82, 2.24) is 5.32 Å². The normalized spacial score (nSPS) is 30.5. The number of nitrogens with one attached hydrogen (secondary N) is 1. The molecule has 0 radical (unpaired) electrons. The van der Waals surface area contributed by atoms with Crippen LogP contribution in [-0.2, 0) is 0 Å². The Morgan fingerprint density at radius 1 is 1.43 bits per heavy atom. The first-order chi connectivity index (χ1) is 6.66. The molecular weight excluding hydrogens is 170 g/mol. The van der Waals surface area contributed by atoms with E-state index in [-0.39, 0.29) is 0 Å². The Kier molecular flexibility index (Phi) is 4.67. The zero-order valence-electron chi connectivity index (χ0n) is 10.1. The lowest BCUT2D eigenvalue weighted by molar-refractivity contribution is 0.378. The highest BCUT2D eigenvalue weighted by Gasteiger charge is 2.24. The van der Waals surface area contributed by atoms with Crippen molar-refractivity contribution in [3.8, 4) is 0 Å². The quantitative estimate of drug-likeness (QED) is 0.667. The number of hydrogen-bond donors (Lipinski definition) is 1. The number of hydrogen-bond acceptors (Lipinski definition) is 1. The van der Waals surface area contributed by atoms with Gasteiger partial charge in [-0.05, 0) is 50.6 Å². The van der Waals surface area contributed by atoms with Gasteiger partial charge in [0.05, 0.1) is 0 Å². The van der Waals surface area contributed by atoms with Crippen molar-refractivity contribution in [2.24, 2.45) is 17.8 Å². The largest absolute Gasteiger partial charge is 0.316 e. The van der Waals surface area contributed by atoms with Crippen LogP contribution >= 0.6 is 0 Å². The molecule has 1 fully saturated rings. The van der Waals surface area contributed by atoms with Gasteiger partial charge in [0.15, 0.2) is 0 Å². The van der Waals surface area contributed by atoms with Gasteiger partial charge in [0.2, 0.25) is 0 Å². The van der Waals surface area contributed by atoms with E-state index < -0.39 is 0 Å². The Balaban J connectivity index is 2.71. The predicted molar refractivity (Wildman–Crippen MR) is 63.4 cm³/mol. The Hall–Kier alpha value is -0.300. The average Bonchev–Trinajstić information content (AvgIpc) is 2.33. The highest BCUT2D eigenvalue weighted by atomic mass is 14.9. The maximum Gasteiger partial charge on any atom is -0.00174 e. The fraction of sp³-hybridized carbons (Fsp3) is 0.846.